The molecule has 0 spiro atoms. The van der Waals surface area contributed by atoms with E-state index in [-0.39, 0.29) is 30.1 Å². The Morgan fingerprint density at radius 2 is 1.30 bits per heavy atom. The Bertz CT molecular complexity index is 1430. The van der Waals surface area contributed by atoms with Crippen LogP contribution in [0.15, 0.2) is 95.9 Å². The Labute approximate surface area is 258 Å². The van der Waals surface area contributed by atoms with E-state index in [4.69, 9.17) is 28.4 Å². The fourth-order valence-corrected chi connectivity index (χ4v) is 7.00. The molecule has 0 amide bonds. The van der Waals surface area contributed by atoms with Crippen molar-refractivity contribution in [3.8, 4) is 0 Å². The molecule has 0 saturated carbocycles. The quantitative estimate of drug-likeness (QED) is 0.178. The molecule has 1 fully saturated rings. The summed E-state index contributed by atoms with van der Waals surface area (Å²) in [5.74, 6) is -2.04. The highest BCUT2D eigenvalue weighted by Crippen LogP contribution is 2.37. The fraction of sp³-hybridized carbons (Fsp3) is 0.394. The lowest BCUT2D eigenvalue weighted by molar-refractivity contribution is -0.133. The normalized spacial score (nSPS) is 20.7. The van der Waals surface area contributed by atoms with Crippen molar-refractivity contribution < 1.29 is 46.4 Å². The molecule has 236 valence electrons. The highest BCUT2D eigenvalue weighted by Gasteiger charge is 2.48. The average Bonchev–Trinajstić information content (AvgIpc) is 3.37. The van der Waals surface area contributed by atoms with Crippen molar-refractivity contribution in [2.24, 2.45) is 5.92 Å². The lowest BCUT2D eigenvalue weighted by Crippen LogP contribution is -2.38. The summed E-state index contributed by atoms with van der Waals surface area (Å²) in [6, 6.07) is 25.1. The Kier molecular flexibility index (Phi) is 12.0. The van der Waals surface area contributed by atoms with Gasteiger partial charge in [-0.2, -0.15) is 0 Å². The summed E-state index contributed by atoms with van der Waals surface area (Å²) < 4.78 is 61.4. The number of carbonyl (C=O) groups is 2. The largest absolute Gasteiger partial charge is 0.458 e. The monoisotopic (exact) mass is 626 g/mol. The zero-order valence-electron chi connectivity index (χ0n) is 24.9. The summed E-state index contributed by atoms with van der Waals surface area (Å²) in [5.41, 5.74) is 0.680. The van der Waals surface area contributed by atoms with Crippen LogP contribution < -0.4 is 0 Å². The van der Waals surface area contributed by atoms with Crippen LogP contribution in [0.2, 0.25) is 0 Å². The lowest BCUT2D eigenvalue weighted by atomic mass is 9.94. The molecular formula is C33H38O10S. The molecule has 1 saturated heterocycles. The number of ether oxygens (including phenoxy) is 6. The van der Waals surface area contributed by atoms with Crippen LogP contribution >= 0.6 is 0 Å². The molecule has 5 atom stereocenters. The van der Waals surface area contributed by atoms with Crippen LogP contribution in [0, 0.1) is 5.92 Å². The molecule has 11 heteroatoms. The van der Waals surface area contributed by atoms with Crippen LogP contribution in [0.5, 0.6) is 0 Å². The molecule has 1 heterocycles. The third kappa shape index (κ3) is 8.73. The van der Waals surface area contributed by atoms with E-state index in [1.807, 2.05) is 0 Å². The molecule has 0 bridgehead atoms. The van der Waals surface area contributed by atoms with Crippen LogP contribution in [0.25, 0.3) is 0 Å². The van der Waals surface area contributed by atoms with Gasteiger partial charge in [-0.05, 0) is 36.4 Å². The Hall–Kier alpha value is -3.61. The van der Waals surface area contributed by atoms with Gasteiger partial charge in [0.25, 0.3) is 0 Å². The first-order valence-electron chi connectivity index (χ1n) is 14.3. The molecule has 1 aliphatic heterocycles. The second-order valence-corrected chi connectivity index (χ2v) is 12.4. The second kappa shape index (κ2) is 15.9. The van der Waals surface area contributed by atoms with Crippen molar-refractivity contribution >= 4 is 21.8 Å². The van der Waals surface area contributed by atoms with Gasteiger partial charge in [0.2, 0.25) is 0 Å². The highest BCUT2D eigenvalue weighted by molar-refractivity contribution is 7.91. The average molecular weight is 627 g/mol. The third-order valence-corrected chi connectivity index (χ3v) is 9.35. The maximum atomic E-state index is 13.5. The van der Waals surface area contributed by atoms with Gasteiger partial charge in [0, 0.05) is 40.1 Å². The molecular weight excluding hydrogens is 588 g/mol. The standard InChI is InChI=1S/C33H38O10S/c1-38-30(39-2)20-28-27(22-44(36,37)26-17-11-6-12-18-26)31(40-3)29(43-28)19-25(42-33(35)24-15-9-5-10-16-24)21-41-32(34)23-13-7-4-8-14-23/h4-18,25,27-31H,19-22H2,1-3H3/t25-,27?,28?,29+,31+/m0/s1. The predicted octanol–water partition coefficient (Wildman–Crippen LogP) is 4.34. The summed E-state index contributed by atoms with van der Waals surface area (Å²) in [5, 5.41) is 0. The minimum Gasteiger partial charge on any atom is -0.458 e. The first kappa shape index (κ1) is 33.3. The smallest absolute Gasteiger partial charge is 0.338 e. The SMILES string of the molecule is COC(CC1O[C@H](C[C@@H](COC(=O)c2ccccc2)OC(=O)c2ccccc2)[C@H](OC)C1CS(=O)(=O)c1ccccc1)OC. The van der Waals surface area contributed by atoms with Crippen LogP contribution in [0.3, 0.4) is 0 Å². The zero-order chi connectivity index (χ0) is 31.5. The van der Waals surface area contributed by atoms with Gasteiger partial charge < -0.3 is 28.4 Å². The van der Waals surface area contributed by atoms with E-state index in [1.165, 1.54) is 21.3 Å². The van der Waals surface area contributed by atoms with Gasteiger partial charge in [-0.3, -0.25) is 0 Å². The molecule has 2 unspecified atom stereocenters. The van der Waals surface area contributed by atoms with Crippen LogP contribution in [-0.2, 0) is 38.3 Å². The third-order valence-electron chi connectivity index (χ3n) is 7.54. The first-order valence-corrected chi connectivity index (χ1v) is 15.9. The number of rotatable bonds is 15. The molecule has 4 rings (SSSR count). The Balaban J connectivity index is 1.58. The molecule has 3 aromatic carbocycles. The molecule has 44 heavy (non-hydrogen) atoms. The number of hydrogen-bond acceptors (Lipinski definition) is 10. The van der Waals surface area contributed by atoms with Crippen molar-refractivity contribution in [3.05, 3.63) is 102 Å². The molecule has 0 N–H and O–H groups in total. The predicted molar refractivity (Wildman–Crippen MR) is 161 cm³/mol. The summed E-state index contributed by atoms with van der Waals surface area (Å²) in [7, 11) is 0.739. The molecule has 0 radical (unpaired) electrons. The van der Waals surface area contributed by atoms with Gasteiger partial charge >= 0.3 is 11.9 Å². The van der Waals surface area contributed by atoms with Crippen molar-refractivity contribution in [2.45, 2.75) is 48.4 Å². The second-order valence-electron chi connectivity index (χ2n) is 10.4. The van der Waals surface area contributed by atoms with Crippen LogP contribution in [0.4, 0.5) is 0 Å². The summed E-state index contributed by atoms with van der Waals surface area (Å²) in [6.45, 7) is -0.251. The topological polar surface area (TPSA) is 124 Å². The van der Waals surface area contributed by atoms with Crippen molar-refractivity contribution in [1.29, 1.82) is 0 Å². The lowest BCUT2D eigenvalue weighted by Gasteiger charge is -2.26. The molecule has 0 aliphatic carbocycles. The van der Waals surface area contributed by atoms with Gasteiger partial charge in [-0.1, -0.05) is 54.6 Å². The molecule has 1 aliphatic rings. The van der Waals surface area contributed by atoms with Crippen molar-refractivity contribution in [3.63, 3.8) is 0 Å². The van der Waals surface area contributed by atoms with Gasteiger partial charge in [0.1, 0.15) is 12.7 Å². The van der Waals surface area contributed by atoms with Crippen LogP contribution in [0.1, 0.15) is 33.6 Å². The van der Waals surface area contributed by atoms with E-state index in [9.17, 15) is 18.0 Å². The summed E-state index contributed by atoms with van der Waals surface area (Å²) in [6.07, 6.45) is -3.32. The highest BCUT2D eigenvalue weighted by atomic mass is 32.2. The van der Waals surface area contributed by atoms with Crippen LogP contribution in [-0.4, -0.2) is 84.8 Å². The maximum absolute atomic E-state index is 13.5. The van der Waals surface area contributed by atoms with E-state index in [0.29, 0.717) is 11.1 Å². The van der Waals surface area contributed by atoms with Crippen molar-refractivity contribution in [2.75, 3.05) is 33.7 Å². The number of sulfone groups is 1. The summed E-state index contributed by atoms with van der Waals surface area (Å²) in [4.78, 5) is 26.0. The van der Waals surface area contributed by atoms with E-state index in [0.717, 1.165) is 0 Å². The number of esters is 2. The first-order chi connectivity index (χ1) is 21.2. The van der Waals surface area contributed by atoms with Crippen molar-refractivity contribution in [1.82, 2.24) is 0 Å². The van der Waals surface area contributed by atoms with E-state index in [1.54, 1.807) is 91.0 Å². The van der Waals surface area contributed by atoms with Gasteiger partial charge in [0.05, 0.1) is 40.1 Å². The van der Waals surface area contributed by atoms with Gasteiger partial charge in [0.15, 0.2) is 16.1 Å². The summed E-state index contributed by atoms with van der Waals surface area (Å²) >= 11 is 0. The number of benzene rings is 3. The number of methoxy groups -OCH3 is 3. The Morgan fingerprint density at radius 1 is 0.750 bits per heavy atom. The Morgan fingerprint density at radius 3 is 1.84 bits per heavy atom. The van der Waals surface area contributed by atoms with E-state index < -0.39 is 58.4 Å². The van der Waals surface area contributed by atoms with E-state index >= 15 is 0 Å². The zero-order valence-corrected chi connectivity index (χ0v) is 25.8. The number of hydrogen-bond donors (Lipinski definition) is 0. The molecule has 0 aromatic heterocycles. The fourth-order valence-electron chi connectivity index (χ4n) is 5.32. The van der Waals surface area contributed by atoms with E-state index in [2.05, 4.69) is 0 Å². The molecule has 10 nitrogen and oxygen atoms in total. The van der Waals surface area contributed by atoms with Gasteiger partial charge in [-0.15, -0.1) is 0 Å². The minimum atomic E-state index is -3.72. The van der Waals surface area contributed by atoms with Gasteiger partial charge in [-0.25, -0.2) is 18.0 Å². The molecule has 3 aromatic rings. The number of carbonyl (C=O) groups excluding carboxylic acids is 2. The maximum Gasteiger partial charge on any atom is 0.338 e. The minimum absolute atomic E-state index is 0.0716.